The van der Waals surface area contributed by atoms with Crippen LogP contribution >= 0.6 is 0 Å². The van der Waals surface area contributed by atoms with Gasteiger partial charge in [0.2, 0.25) is 5.78 Å². The highest BCUT2D eigenvalue weighted by Crippen LogP contribution is 2.53. The number of fused-ring (bicyclic) bond motifs is 3. The van der Waals surface area contributed by atoms with Crippen LogP contribution in [0.4, 0.5) is 4.79 Å². The number of aliphatic hydroxyl groups is 3. The quantitative estimate of drug-likeness (QED) is 0.337. The van der Waals surface area contributed by atoms with Gasteiger partial charge in [0.1, 0.15) is 28.4 Å². The number of Topliss-reactive ketones (excluding diaryl/α,β-unsaturated/α-hetero) is 2. The van der Waals surface area contributed by atoms with Crippen molar-refractivity contribution in [1.29, 1.82) is 0 Å². The number of hydrogen-bond donors (Lipinski definition) is 5. The first-order valence-corrected chi connectivity index (χ1v) is 13.4. The molecule has 0 aliphatic heterocycles. The molecule has 1 saturated carbocycles. The Labute approximate surface area is 241 Å². The van der Waals surface area contributed by atoms with Crippen molar-refractivity contribution in [1.82, 2.24) is 9.47 Å². The summed E-state index contributed by atoms with van der Waals surface area (Å²) in [4.78, 5) is 53.8. The summed E-state index contributed by atoms with van der Waals surface area (Å²) in [5, 5.41) is 45.0. The molecule has 1 aromatic carbocycles. The Bertz CT molecular complexity index is 1620. The number of likely N-dealkylation sites (N-methyl/N-ethyl adjacent to an activating group) is 1. The van der Waals surface area contributed by atoms with Crippen molar-refractivity contribution in [3.63, 3.8) is 0 Å². The van der Waals surface area contributed by atoms with E-state index in [-0.39, 0.29) is 29.7 Å². The minimum atomic E-state index is -2.72. The number of ketones is 2. The predicted octanol–water partition coefficient (Wildman–Crippen LogP) is 2.22. The summed E-state index contributed by atoms with van der Waals surface area (Å²) < 4.78 is 6.83. The van der Waals surface area contributed by atoms with E-state index in [1.165, 1.54) is 35.8 Å². The lowest BCUT2D eigenvalue weighted by Gasteiger charge is -2.50. The summed E-state index contributed by atoms with van der Waals surface area (Å²) in [7, 11) is 3.07. The highest BCUT2D eigenvalue weighted by Gasteiger charge is 2.64. The van der Waals surface area contributed by atoms with E-state index >= 15 is 0 Å². The van der Waals surface area contributed by atoms with Gasteiger partial charge in [0, 0.05) is 23.3 Å². The average Bonchev–Trinajstić information content (AvgIpc) is 3.35. The second-order valence-electron chi connectivity index (χ2n) is 12.2. The van der Waals surface area contributed by atoms with Crippen LogP contribution in [0.2, 0.25) is 0 Å². The number of aliphatic hydroxyl groups excluding tert-OH is 2. The van der Waals surface area contributed by atoms with Crippen LogP contribution in [-0.4, -0.2) is 84.8 Å². The number of amides is 1. The molecule has 2 aromatic rings. The van der Waals surface area contributed by atoms with Crippen LogP contribution in [-0.2, 0) is 25.5 Å². The normalized spacial score (nSPS) is 25.7. The number of carbonyl (C=O) groups excluding carboxylic acids is 4. The van der Waals surface area contributed by atoms with Crippen LogP contribution in [0.3, 0.4) is 0 Å². The predicted molar refractivity (Wildman–Crippen MR) is 149 cm³/mol. The number of hydrogen-bond acceptors (Lipinski definition) is 10. The summed E-state index contributed by atoms with van der Waals surface area (Å²) in [6.07, 6.45) is 0.920. The third-order valence-corrected chi connectivity index (χ3v) is 8.22. The number of nitrogens with zero attached hydrogens (tertiary/aromatic N) is 2. The number of aromatic nitrogens is 1. The van der Waals surface area contributed by atoms with Gasteiger partial charge in [-0.3, -0.25) is 23.9 Å². The molecule has 1 fully saturated rings. The van der Waals surface area contributed by atoms with E-state index in [1.54, 1.807) is 39.0 Å². The first-order valence-electron chi connectivity index (χ1n) is 13.4. The maximum atomic E-state index is 14.0. The molecule has 1 aromatic heterocycles. The van der Waals surface area contributed by atoms with Crippen LogP contribution < -0.4 is 5.73 Å². The number of nitrogens with two attached hydrogens (primary N) is 1. The molecule has 4 atom stereocenters. The minimum Gasteiger partial charge on any atom is -0.508 e. The molecule has 0 spiro atoms. The molecular weight excluding hydrogens is 546 g/mol. The third-order valence-electron chi connectivity index (χ3n) is 8.22. The van der Waals surface area contributed by atoms with Crippen LogP contribution in [0.5, 0.6) is 5.75 Å². The molecule has 0 bridgehead atoms. The summed E-state index contributed by atoms with van der Waals surface area (Å²) in [5.41, 5.74) is 2.02. The second kappa shape index (κ2) is 9.57. The SMILES string of the molecule is CN(C)[C@H]1C(=O)C(C(N)=O)=C(O)[C@]2(O)C(=O)C3=C(O)c4c(O)ccc(-c5cccn5C(=O)OC(C)(C)C)c4C[C@@H]3C[C@H]12. The maximum Gasteiger partial charge on any atom is 0.418 e. The van der Waals surface area contributed by atoms with E-state index in [0.717, 1.165) is 0 Å². The molecule has 3 aliphatic carbocycles. The van der Waals surface area contributed by atoms with Gasteiger partial charge in [0.25, 0.3) is 5.91 Å². The molecule has 1 heterocycles. The lowest BCUT2D eigenvalue weighted by molar-refractivity contribution is -0.153. The fraction of sp³-hybridized carbons (Fsp3) is 0.400. The van der Waals surface area contributed by atoms with Crippen molar-refractivity contribution in [3.05, 3.63) is 58.5 Å². The lowest BCUT2D eigenvalue weighted by atomic mass is 9.57. The Balaban J connectivity index is 1.70. The molecule has 6 N–H and O–H groups in total. The Hall–Kier alpha value is -4.42. The topological polar surface area (TPSA) is 193 Å². The van der Waals surface area contributed by atoms with E-state index in [2.05, 4.69) is 0 Å². The van der Waals surface area contributed by atoms with E-state index in [1.807, 2.05) is 0 Å². The molecular formula is C30H33N3O9. The van der Waals surface area contributed by atoms with Crippen LogP contribution in [0.15, 0.2) is 47.4 Å². The molecule has 1 amide bonds. The van der Waals surface area contributed by atoms with E-state index in [4.69, 9.17) is 10.5 Å². The molecule has 0 radical (unpaired) electrons. The van der Waals surface area contributed by atoms with Gasteiger partial charge < -0.3 is 30.9 Å². The minimum absolute atomic E-state index is 0.0477. The van der Waals surface area contributed by atoms with Gasteiger partial charge in [-0.25, -0.2) is 4.79 Å². The van der Waals surface area contributed by atoms with E-state index in [0.29, 0.717) is 16.8 Å². The number of primary amides is 1. The number of rotatable bonds is 3. The van der Waals surface area contributed by atoms with Gasteiger partial charge in [0.05, 0.1) is 17.3 Å². The fourth-order valence-electron chi connectivity index (χ4n) is 6.55. The Morgan fingerprint density at radius 3 is 2.38 bits per heavy atom. The zero-order chi connectivity index (χ0) is 31.0. The van der Waals surface area contributed by atoms with Crippen molar-refractivity contribution in [2.45, 2.75) is 50.9 Å². The highest BCUT2D eigenvalue weighted by molar-refractivity contribution is 6.24. The summed E-state index contributed by atoms with van der Waals surface area (Å²) in [6.45, 7) is 5.20. The monoisotopic (exact) mass is 579 g/mol. The lowest BCUT2D eigenvalue weighted by Crippen LogP contribution is -2.65. The molecule has 0 unspecified atom stereocenters. The number of carbonyl (C=O) groups is 4. The number of ether oxygens (including phenoxy) is 1. The summed E-state index contributed by atoms with van der Waals surface area (Å²) in [6, 6.07) is 5.04. The van der Waals surface area contributed by atoms with Crippen LogP contribution in [0.1, 0.15) is 38.3 Å². The first kappa shape index (κ1) is 29.1. The van der Waals surface area contributed by atoms with Crippen molar-refractivity contribution in [2.24, 2.45) is 17.6 Å². The zero-order valence-corrected chi connectivity index (χ0v) is 23.8. The number of phenols is 1. The summed E-state index contributed by atoms with van der Waals surface area (Å²) in [5.74, 6) is -7.27. The molecule has 12 nitrogen and oxygen atoms in total. The van der Waals surface area contributed by atoms with Crippen LogP contribution in [0, 0.1) is 11.8 Å². The standard InChI is InChI=1S/C30H33N3O9/c1-29(2,3)42-28(40)33-10-6-7-17(33)14-8-9-18(34)20-15(14)11-13-12-16-22(32(4)5)24(36)21(27(31)39)26(38)30(16,41)25(37)19(13)23(20)35/h6-10,13,16,22,34-35,38,41H,11-12H2,1-5H3,(H2,31,39)/t13-,16-,22-,30-/m1/s1. The second-order valence-corrected chi connectivity index (χ2v) is 12.2. The van der Waals surface area contributed by atoms with Gasteiger partial charge in [0.15, 0.2) is 11.4 Å². The maximum absolute atomic E-state index is 14.0. The number of aromatic hydroxyl groups is 1. The van der Waals surface area contributed by atoms with Crippen molar-refractivity contribution in [2.75, 3.05) is 14.1 Å². The van der Waals surface area contributed by atoms with Crippen LogP contribution in [0.25, 0.3) is 17.0 Å². The molecule has 42 heavy (non-hydrogen) atoms. The van der Waals surface area contributed by atoms with Gasteiger partial charge in [-0.05, 0) is 83.5 Å². The molecule has 3 aliphatic rings. The Kier molecular flexibility index (Phi) is 6.62. The Morgan fingerprint density at radius 2 is 1.79 bits per heavy atom. The molecule has 0 saturated heterocycles. The van der Waals surface area contributed by atoms with Gasteiger partial charge >= 0.3 is 6.09 Å². The third kappa shape index (κ3) is 4.12. The number of phenolic OH excluding ortho intramolecular Hbond substituents is 1. The molecule has 5 rings (SSSR count). The zero-order valence-electron chi connectivity index (χ0n) is 23.8. The highest BCUT2D eigenvalue weighted by atomic mass is 16.6. The number of benzene rings is 1. The molecule has 222 valence electrons. The van der Waals surface area contributed by atoms with Crippen molar-refractivity contribution < 1.29 is 44.3 Å². The molecule has 12 heteroatoms. The Morgan fingerprint density at radius 1 is 1.12 bits per heavy atom. The van der Waals surface area contributed by atoms with Crippen molar-refractivity contribution in [3.8, 4) is 17.0 Å². The fourth-order valence-corrected chi connectivity index (χ4v) is 6.55. The van der Waals surface area contributed by atoms with Crippen molar-refractivity contribution >= 4 is 29.3 Å². The smallest absolute Gasteiger partial charge is 0.418 e. The summed E-state index contributed by atoms with van der Waals surface area (Å²) >= 11 is 0. The van der Waals surface area contributed by atoms with Gasteiger partial charge in [-0.2, -0.15) is 0 Å². The van der Waals surface area contributed by atoms with Gasteiger partial charge in [-0.15, -0.1) is 0 Å². The van der Waals surface area contributed by atoms with E-state index < -0.39 is 69.7 Å². The largest absolute Gasteiger partial charge is 0.508 e. The van der Waals surface area contributed by atoms with E-state index in [9.17, 15) is 39.6 Å². The first-order chi connectivity index (χ1) is 19.5. The van der Waals surface area contributed by atoms with Gasteiger partial charge in [-0.1, -0.05) is 0 Å². The average molecular weight is 580 g/mol.